The number of ketones is 1. The van der Waals surface area contributed by atoms with E-state index in [2.05, 4.69) is 5.32 Å². The predicted octanol–water partition coefficient (Wildman–Crippen LogP) is 3.25. The topological polar surface area (TPSA) is 81.7 Å². The minimum Gasteiger partial charge on any atom is -0.464 e. The van der Waals surface area contributed by atoms with E-state index in [1.807, 2.05) is 0 Å². The Balaban J connectivity index is 1.97. The van der Waals surface area contributed by atoms with Crippen LogP contribution in [0.4, 0.5) is 4.79 Å². The van der Waals surface area contributed by atoms with Crippen LogP contribution in [0.1, 0.15) is 45.4 Å². The first kappa shape index (κ1) is 19.0. The highest BCUT2D eigenvalue weighted by Gasteiger charge is 2.32. The lowest BCUT2D eigenvalue weighted by molar-refractivity contribution is -0.148. The molecule has 0 saturated heterocycles. The van der Waals surface area contributed by atoms with Gasteiger partial charge in [0, 0.05) is 6.42 Å². The molecule has 1 aromatic rings. The molecule has 0 heterocycles. The van der Waals surface area contributed by atoms with Gasteiger partial charge in [0.1, 0.15) is 5.75 Å². The summed E-state index contributed by atoms with van der Waals surface area (Å²) in [4.78, 5) is 36.7. The summed E-state index contributed by atoms with van der Waals surface area (Å²) in [6.45, 7) is 1.80. The van der Waals surface area contributed by atoms with Crippen LogP contribution in [0.2, 0.25) is 0 Å². The Morgan fingerprint density at radius 3 is 2.44 bits per heavy atom. The highest BCUT2D eigenvalue weighted by molar-refractivity contribution is 6.05. The molecule has 1 fully saturated rings. The van der Waals surface area contributed by atoms with Gasteiger partial charge in [-0.15, -0.1) is 0 Å². The van der Waals surface area contributed by atoms with Gasteiger partial charge in [0.2, 0.25) is 0 Å². The zero-order valence-electron chi connectivity index (χ0n) is 14.5. The molecule has 25 heavy (non-hydrogen) atoms. The second kappa shape index (κ2) is 9.81. The van der Waals surface area contributed by atoms with Crippen LogP contribution in [-0.2, 0) is 14.3 Å². The van der Waals surface area contributed by atoms with Crippen LogP contribution in [0.25, 0.3) is 0 Å². The third kappa shape index (κ3) is 6.21. The van der Waals surface area contributed by atoms with Gasteiger partial charge in [-0.05, 0) is 25.0 Å². The second-order valence-corrected chi connectivity index (χ2v) is 6.21. The molecule has 1 aromatic carbocycles. The van der Waals surface area contributed by atoms with Crippen molar-refractivity contribution in [3.05, 3.63) is 30.3 Å². The lowest BCUT2D eigenvalue weighted by atomic mass is 9.85. The van der Waals surface area contributed by atoms with Crippen LogP contribution in [0.3, 0.4) is 0 Å². The van der Waals surface area contributed by atoms with Gasteiger partial charge < -0.3 is 14.8 Å². The van der Waals surface area contributed by atoms with Gasteiger partial charge in [-0.3, -0.25) is 4.79 Å². The summed E-state index contributed by atoms with van der Waals surface area (Å²) >= 11 is 0. The van der Waals surface area contributed by atoms with Crippen molar-refractivity contribution in [1.29, 1.82) is 0 Å². The fourth-order valence-electron chi connectivity index (χ4n) is 3.03. The van der Waals surface area contributed by atoms with Crippen LogP contribution in [-0.4, -0.2) is 30.5 Å². The van der Waals surface area contributed by atoms with Gasteiger partial charge in [-0.2, -0.15) is 0 Å². The molecule has 1 aliphatic carbocycles. The Hall–Kier alpha value is -2.37. The minimum atomic E-state index is -1.32. The molecule has 6 nitrogen and oxygen atoms in total. The van der Waals surface area contributed by atoms with E-state index in [0.29, 0.717) is 5.75 Å². The molecule has 1 unspecified atom stereocenters. The molecule has 1 atom stereocenters. The number of esters is 1. The zero-order chi connectivity index (χ0) is 18.1. The van der Waals surface area contributed by atoms with E-state index in [1.54, 1.807) is 37.3 Å². The molecule has 0 aromatic heterocycles. The summed E-state index contributed by atoms with van der Waals surface area (Å²) in [7, 11) is 0. The number of amides is 1. The number of para-hydroxylation sites is 1. The molecule has 136 valence electrons. The van der Waals surface area contributed by atoms with Gasteiger partial charge in [-0.1, -0.05) is 50.3 Å². The number of rotatable bonds is 7. The molecule has 1 amide bonds. The van der Waals surface area contributed by atoms with Crippen LogP contribution in [0.5, 0.6) is 5.75 Å². The number of Topliss-reactive ketones (excluding diaryl/α,β-unsaturated/α-hetero) is 1. The molecule has 0 aliphatic heterocycles. The average molecular weight is 347 g/mol. The maximum Gasteiger partial charge on any atom is 0.413 e. The Bertz CT molecular complexity index is 581. The summed E-state index contributed by atoms with van der Waals surface area (Å²) in [6, 6.07) is 7.14. The monoisotopic (exact) mass is 347 g/mol. The fraction of sp³-hybridized carbons (Fsp3) is 0.526. The standard InChI is InChI=1S/C19H25NO5/c1-2-24-18(22)17(16(21)13-14-9-5-3-6-10-14)20-19(23)25-15-11-7-4-8-12-15/h4,7-8,11-12,14,17H,2-3,5-6,9-10,13H2,1H3,(H,20,23). The Morgan fingerprint density at radius 1 is 1.12 bits per heavy atom. The quantitative estimate of drug-likeness (QED) is 0.605. The SMILES string of the molecule is CCOC(=O)C(NC(=O)Oc1ccccc1)C(=O)CC1CCCCC1. The van der Waals surface area contributed by atoms with Crippen molar-refractivity contribution in [2.45, 2.75) is 51.5 Å². The number of benzene rings is 1. The minimum absolute atomic E-state index is 0.140. The van der Waals surface area contributed by atoms with Crippen LogP contribution < -0.4 is 10.1 Å². The van der Waals surface area contributed by atoms with Gasteiger partial charge >= 0.3 is 12.1 Å². The lowest BCUT2D eigenvalue weighted by Crippen LogP contribution is -2.48. The van der Waals surface area contributed by atoms with E-state index in [0.717, 1.165) is 25.7 Å². The third-order valence-corrected chi connectivity index (χ3v) is 4.27. The van der Waals surface area contributed by atoms with Gasteiger partial charge in [0.05, 0.1) is 6.61 Å². The van der Waals surface area contributed by atoms with Crippen molar-refractivity contribution in [3.63, 3.8) is 0 Å². The van der Waals surface area contributed by atoms with Crippen molar-refractivity contribution in [2.75, 3.05) is 6.61 Å². The van der Waals surface area contributed by atoms with Crippen LogP contribution >= 0.6 is 0 Å². The van der Waals surface area contributed by atoms with Crippen molar-refractivity contribution < 1.29 is 23.9 Å². The maximum absolute atomic E-state index is 12.5. The fourth-order valence-corrected chi connectivity index (χ4v) is 3.03. The van der Waals surface area contributed by atoms with E-state index in [-0.39, 0.29) is 24.7 Å². The summed E-state index contributed by atoms with van der Waals surface area (Å²) in [5, 5.41) is 2.35. The van der Waals surface area contributed by atoms with Crippen molar-refractivity contribution >= 4 is 17.8 Å². The van der Waals surface area contributed by atoms with E-state index >= 15 is 0 Å². The summed E-state index contributed by atoms with van der Waals surface area (Å²) < 4.78 is 10.0. The van der Waals surface area contributed by atoms with Gasteiger partial charge in [0.25, 0.3) is 0 Å². The number of ether oxygens (including phenoxy) is 2. The van der Waals surface area contributed by atoms with Gasteiger partial charge in [-0.25, -0.2) is 9.59 Å². The summed E-state index contributed by atoms with van der Waals surface area (Å²) in [5.74, 6) is -0.462. The van der Waals surface area contributed by atoms with E-state index < -0.39 is 18.1 Å². The summed E-state index contributed by atoms with van der Waals surface area (Å²) in [5.41, 5.74) is 0. The molecule has 6 heteroatoms. The zero-order valence-corrected chi connectivity index (χ0v) is 14.5. The third-order valence-electron chi connectivity index (χ3n) is 4.27. The van der Waals surface area contributed by atoms with Crippen molar-refractivity contribution in [3.8, 4) is 5.75 Å². The first-order valence-electron chi connectivity index (χ1n) is 8.83. The van der Waals surface area contributed by atoms with Gasteiger partial charge in [0.15, 0.2) is 11.8 Å². The Kier molecular flexibility index (Phi) is 7.44. The molecule has 0 radical (unpaired) electrons. The number of carbonyl (C=O) groups excluding carboxylic acids is 3. The molecule has 1 saturated carbocycles. The highest BCUT2D eigenvalue weighted by Crippen LogP contribution is 2.26. The smallest absolute Gasteiger partial charge is 0.413 e. The maximum atomic E-state index is 12.5. The first-order chi connectivity index (χ1) is 12.1. The van der Waals surface area contributed by atoms with E-state index in [4.69, 9.17) is 9.47 Å². The lowest BCUT2D eigenvalue weighted by Gasteiger charge is -2.23. The number of carbonyl (C=O) groups is 3. The molecular formula is C19H25NO5. The largest absolute Gasteiger partial charge is 0.464 e. The molecule has 0 spiro atoms. The van der Waals surface area contributed by atoms with Crippen molar-refractivity contribution in [1.82, 2.24) is 5.32 Å². The molecule has 0 bridgehead atoms. The Labute approximate surface area is 147 Å². The molecular weight excluding hydrogens is 322 g/mol. The molecule has 1 aliphatic rings. The highest BCUT2D eigenvalue weighted by atomic mass is 16.6. The molecule has 1 N–H and O–H groups in total. The van der Waals surface area contributed by atoms with Crippen LogP contribution in [0.15, 0.2) is 30.3 Å². The number of hydrogen-bond acceptors (Lipinski definition) is 5. The van der Waals surface area contributed by atoms with E-state index in [9.17, 15) is 14.4 Å². The Morgan fingerprint density at radius 2 is 1.80 bits per heavy atom. The molecule has 2 rings (SSSR count). The second-order valence-electron chi connectivity index (χ2n) is 6.21. The number of nitrogens with one attached hydrogen (secondary N) is 1. The number of hydrogen-bond donors (Lipinski definition) is 1. The summed E-state index contributed by atoms with van der Waals surface area (Å²) in [6.07, 6.45) is 4.78. The van der Waals surface area contributed by atoms with Crippen molar-refractivity contribution in [2.24, 2.45) is 5.92 Å². The van der Waals surface area contributed by atoms with Crippen LogP contribution in [0, 0.1) is 5.92 Å². The van der Waals surface area contributed by atoms with E-state index in [1.165, 1.54) is 6.42 Å². The predicted molar refractivity (Wildman–Crippen MR) is 92.2 cm³/mol. The first-order valence-corrected chi connectivity index (χ1v) is 8.83. The average Bonchev–Trinajstić information content (AvgIpc) is 2.61. The normalized spacial score (nSPS) is 15.9.